The lowest BCUT2D eigenvalue weighted by molar-refractivity contribution is -0.151. The van der Waals surface area contributed by atoms with Crippen molar-refractivity contribution in [3.05, 3.63) is 0 Å². The molecule has 2 atom stereocenters. The maximum Gasteiger partial charge on any atom is 0.332 e. The lowest BCUT2D eigenvalue weighted by atomic mass is 10.1. The fourth-order valence-electron chi connectivity index (χ4n) is 1.61. The van der Waals surface area contributed by atoms with Gasteiger partial charge in [-0.25, -0.2) is 4.79 Å². The standard InChI is InChI=1S/C13H26N2O3/c1-5-8-9-15(10(4)6-2)12(16)11(14)13(17)18-7-3/h10-11H,5-9,14H2,1-4H3. The summed E-state index contributed by atoms with van der Waals surface area (Å²) in [5, 5.41) is 0. The van der Waals surface area contributed by atoms with Crippen molar-refractivity contribution in [1.82, 2.24) is 4.90 Å². The van der Waals surface area contributed by atoms with E-state index >= 15 is 0 Å². The Labute approximate surface area is 110 Å². The maximum absolute atomic E-state index is 12.2. The number of hydrogen-bond donors (Lipinski definition) is 1. The molecule has 0 aliphatic rings. The van der Waals surface area contributed by atoms with Crippen LogP contribution >= 0.6 is 0 Å². The van der Waals surface area contributed by atoms with Crippen LogP contribution in [-0.4, -0.2) is 42.0 Å². The van der Waals surface area contributed by atoms with E-state index in [1.807, 2.05) is 13.8 Å². The van der Waals surface area contributed by atoms with E-state index < -0.39 is 12.0 Å². The first-order valence-corrected chi connectivity index (χ1v) is 6.72. The van der Waals surface area contributed by atoms with Crippen LogP contribution in [0.3, 0.4) is 0 Å². The molecule has 5 nitrogen and oxygen atoms in total. The van der Waals surface area contributed by atoms with E-state index in [1.54, 1.807) is 11.8 Å². The second-order valence-electron chi connectivity index (χ2n) is 4.37. The topological polar surface area (TPSA) is 72.6 Å². The fraction of sp³-hybridized carbons (Fsp3) is 0.846. The number of carbonyl (C=O) groups excluding carboxylic acids is 2. The van der Waals surface area contributed by atoms with Gasteiger partial charge in [0, 0.05) is 12.6 Å². The van der Waals surface area contributed by atoms with E-state index in [2.05, 4.69) is 6.92 Å². The quantitative estimate of drug-likeness (QED) is 0.526. The number of esters is 1. The summed E-state index contributed by atoms with van der Waals surface area (Å²) in [4.78, 5) is 25.3. The van der Waals surface area contributed by atoms with E-state index in [4.69, 9.17) is 10.5 Å². The van der Waals surface area contributed by atoms with Gasteiger partial charge >= 0.3 is 5.97 Å². The van der Waals surface area contributed by atoms with Gasteiger partial charge in [-0.3, -0.25) is 4.79 Å². The van der Waals surface area contributed by atoms with Crippen molar-refractivity contribution in [2.24, 2.45) is 5.73 Å². The second kappa shape index (κ2) is 8.91. The van der Waals surface area contributed by atoms with Gasteiger partial charge in [-0.2, -0.15) is 0 Å². The summed E-state index contributed by atoms with van der Waals surface area (Å²) in [5.74, 6) is -0.983. The molecule has 0 aromatic carbocycles. The van der Waals surface area contributed by atoms with Crippen molar-refractivity contribution < 1.29 is 14.3 Å². The number of nitrogens with two attached hydrogens (primary N) is 1. The van der Waals surface area contributed by atoms with E-state index in [0.29, 0.717) is 6.54 Å². The van der Waals surface area contributed by atoms with Crippen LogP contribution in [0.15, 0.2) is 0 Å². The molecule has 106 valence electrons. The number of nitrogens with zero attached hydrogens (tertiary/aromatic N) is 1. The average Bonchev–Trinajstić information content (AvgIpc) is 2.37. The molecule has 2 N–H and O–H groups in total. The van der Waals surface area contributed by atoms with Gasteiger partial charge in [0.1, 0.15) is 0 Å². The summed E-state index contributed by atoms with van der Waals surface area (Å²) in [6.07, 6.45) is 2.74. The van der Waals surface area contributed by atoms with Crippen molar-refractivity contribution in [2.45, 2.75) is 59.0 Å². The summed E-state index contributed by atoms with van der Waals surface area (Å²) in [6.45, 7) is 8.59. The van der Waals surface area contributed by atoms with Gasteiger partial charge in [0.25, 0.3) is 5.91 Å². The molecule has 0 saturated carbocycles. The first-order chi connectivity index (χ1) is 8.49. The van der Waals surface area contributed by atoms with Crippen LogP contribution in [0, 0.1) is 0 Å². The smallest absolute Gasteiger partial charge is 0.332 e. The van der Waals surface area contributed by atoms with Gasteiger partial charge in [-0.15, -0.1) is 0 Å². The Hall–Kier alpha value is -1.10. The molecule has 18 heavy (non-hydrogen) atoms. The molecule has 0 heterocycles. The molecular formula is C13H26N2O3. The fourth-order valence-corrected chi connectivity index (χ4v) is 1.61. The van der Waals surface area contributed by atoms with Gasteiger partial charge in [0.2, 0.25) is 0 Å². The molecular weight excluding hydrogens is 232 g/mol. The third kappa shape index (κ3) is 5.04. The minimum Gasteiger partial charge on any atom is -0.464 e. The molecule has 0 aliphatic carbocycles. The summed E-state index contributed by atoms with van der Waals surface area (Å²) in [6, 6.07) is -1.11. The highest BCUT2D eigenvalue weighted by atomic mass is 16.5. The molecule has 0 aliphatic heterocycles. The van der Waals surface area contributed by atoms with Crippen LogP contribution in [0.5, 0.6) is 0 Å². The third-order valence-corrected chi connectivity index (χ3v) is 2.97. The molecule has 0 aromatic heterocycles. The summed E-state index contributed by atoms with van der Waals surface area (Å²) in [7, 11) is 0. The zero-order chi connectivity index (χ0) is 14.1. The summed E-state index contributed by atoms with van der Waals surface area (Å²) < 4.78 is 4.78. The minimum absolute atomic E-state index is 0.0875. The predicted molar refractivity (Wildman–Crippen MR) is 71.0 cm³/mol. The molecule has 1 amide bonds. The normalized spacial score (nSPS) is 13.8. The summed E-state index contributed by atoms with van der Waals surface area (Å²) >= 11 is 0. The zero-order valence-electron chi connectivity index (χ0n) is 11.9. The largest absolute Gasteiger partial charge is 0.464 e. The molecule has 5 heteroatoms. The Kier molecular flexibility index (Phi) is 8.37. The van der Waals surface area contributed by atoms with Gasteiger partial charge in [0.05, 0.1) is 6.61 Å². The third-order valence-electron chi connectivity index (χ3n) is 2.97. The van der Waals surface area contributed by atoms with Crippen LogP contribution in [0.1, 0.15) is 47.0 Å². The molecule has 0 spiro atoms. The molecule has 0 bridgehead atoms. The van der Waals surface area contributed by atoms with Gasteiger partial charge in [0.15, 0.2) is 6.04 Å². The molecule has 0 saturated heterocycles. The molecule has 0 radical (unpaired) electrons. The zero-order valence-corrected chi connectivity index (χ0v) is 11.9. The van der Waals surface area contributed by atoms with Gasteiger partial charge in [-0.1, -0.05) is 20.3 Å². The Morgan fingerprint density at radius 1 is 1.28 bits per heavy atom. The first-order valence-electron chi connectivity index (χ1n) is 6.72. The van der Waals surface area contributed by atoms with Crippen molar-refractivity contribution in [3.63, 3.8) is 0 Å². The van der Waals surface area contributed by atoms with Crippen molar-refractivity contribution in [3.8, 4) is 0 Å². The van der Waals surface area contributed by atoms with Crippen molar-refractivity contribution in [1.29, 1.82) is 0 Å². The SMILES string of the molecule is CCCCN(C(=O)C(N)C(=O)OCC)C(C)CC. The van der Waals surface area contributed by atoms with E-state index in [0.717, 1.165) is 19.3 Å². The van der Waals surface area contributed by atoms with Crippen molar-refractivity contribution >= 4 is 11.9 Å². The molecule has 0 rings (SSSR count). The number of carbonyl (C=O) groups is 2. The second-order valence-corrected chi connectivity index (χ2v) is 4.37. The van der Waals surface area contributed by atoms with Crippen LogP contribution < -0.4 is 5.73 Å². The molecule has 2 unspecified atom stereocenters. The highest BCUT2D eigenvalue weighted by Gasteiger charge is 2.30. The highest BCUT2D eigenvalue weighted by molar-refractivity contribution is 6.01. The monoisotopic (exact) mass is 258 g/mol. The lowest BCUT2D eigenvalue weighted by Crippen LogP contribution is -2.52. The first kappa shape index (κ1) is 16.9. The van der Waals surface area contributed by atoms with E-state index in [9.17, 15) is 9.59 Å². The van der Waals surface area contributed by atoms with E-state index in [1.165, 1.54) is 0 Å². The van der Waals surface area contributed by atoms with Crippen LogP contribution in [0.25, 0.3) is 0 Å². The van der Waals surface area contributed by atoms with Crippen LogP contribution in [-0.2, 0) is 14.3 Å². The number of hydrogen-bond acceptors (Lipinski definition) is 4. The number of ether oxygens (including phenoxy) is 1. The Bertz CT molecular complexity index is 269. The van der Waals surface area contributed by atoms with E-state index in [-0.39, 0.29) is 18.6 Å². The predicted octanol–water partition coefficient (Wildman–Crippen LogP) is 1.30. The van der Waals surface area contributed by atoms with Crippen LogP contribution in [0.2, 0.25) is 0 Å². The van der Waals surface area contributed by atoms with Gasteiger partial charge in [-0.05, 0) is 26.7 Å². The lowest BCUT2D eigenvalue weighted by Gasteiger charge is -2.30. The Morgan fingerprint density at radius 3 is 2.33 bits per heavy atom. The van der Waals surface area contributed by atoms with Gasteiger partial charge < -0.3 is 15.4 Å². The average molecular weight is 258 g/mol. The summed E-state index contributed by atoms with van der Waals surface area (Å²) in [5.41, 5.74) is 5.65. The van der Waals surface area contributed by atoms with Crippen LogP contribution in [0.4, 0.5) is 0 Å². The number of unbranched alkanes of at least 4 members (excludes halogenated alkanes) is 1. The molecule has 0 fully saturated rings. The Morgan fingerprint density at radius 2 is 1.89 bits per heavy atom. The van der Waals surface area contributed by atoms with Crippen molar-refractivity contribution in [2.75, 3.05) is 13.2 Å². The highest BCUT2D eigenvalue weighted by Crippen LogP contribution is 2.08. The number of amides is 1. The minimum atomic E-state index is -1.20. The maximum atomic E-state index is 12.2. The number of rotatable bonds is 8. The Balaban J connectivity index is 4.67. The molecule has 0 aromatic rings.